The van der Waals surface area contributed by atoms with Crippen molar-refractivity contribution >= 4 is 35.0 Å². The Hall–Kier alpha value is -1.08. The average molecular weight is 316 g/mol. The predicted octanol–water partition coefficient (Wildman–Crippen LogP) is 2.10. The number of aryl methyl sites for hydroxylation is 1. The first-order chi connectivity index (χ1) is 9.56. The first-order valence-corrected chi connectivity index (χ1v) is 8.43. The van der Waals surface area contributed by atoms with Gasteiger partial charge in [-0.15, -0.1) is 11.3 Å². The SMILES string of the molecule is CCN(CC(=O)OC)C(=O)CCSCc1csc(C)n1. The van der Waals surface area contributed by atoms with Crippen molar-refractivity contribution < 1.29 is 14.3 Å². The molecule has 1 amide bonds. The second-order valence-electron chi connectivity index (χ2n) is 4.14. The van der Waals surface area contributed by atoms with E-state index in [4.69, 9.17) is 0 Å². The molecular formula is C13H20N2O3S2. The molecule has 0 N–H and O–H groups in total. The third kappa shape index (κ3) is 5.92. The van der Waals surface area contributed by atoms with E-state index < -0.39 is 0 Å². The molecule has 1 aromatic heterocycles. The molecule has 7 heteroatoms. The number of amides is 1. The maximum atomic E-state index is 11.9. The Balaban J connectivity index is 2.25. The van der Waals surface area contributed by atoms with Crippen LogP contribution in [0.25, 0.3) is 0 Å². The molecule has 5 nitrogen and oxygen atoms in total. The maximum absolute atomic E-state index is 11.9. The van der Waals surface area contributed by atoms with Crippen LogP contribution in [0.5, 0.6) is 0 Å². The van der Waals surface area contributed by atoms with Crippen molar-refractivity contribution in [2.24, 2.45) is 0 Å². The van der Waals surface area contributed by atoms with Gasteiger partial charge in [0.15, 0.2) is 0 Å². The molecule has 0 saturated carbocycles. The lowest BCUT2D eigenvalue weighted by Gasteiger charge is -2.19. The molecule has 112 valence electrons. The number of methoxy groups -OCH3 is 1. The van der Waals surface area contributed by atoms with Gasteiger partial charge in [0.05, 0.1) is 17.8 Å². The summed E-state index contributed by atoms with van der Waals surface area (Å²) in [5.41, 5.74) is 1.06. The normalized spacial score (nSPS) is 10.3. The number of carbonyl (C=O) groups excluding carboxylic acids is 2. The Labute approximate surface area is 127 Å². The Kier molecular flexibility index (Phi) is 7.61. The Morgan fingerprint density at radius 2 is 2.25 bits per heavy atom. The van der Waals surface area contributed by atoms with E-state index in [0.29, 0.717) is 13.0 Å². The molecule has 0 fully saturated rings. The topological polar surface area (TPSA) is 59.5 Å². The van der Waals surface area contributed by atoms with Crippen LogP contribution in [0.1, 0.15) is 24.0 Å². The highest BCUT2D eigenvalue weighted by molar-refractivity contribution is 7.98. The number of carbonyl (C=O) groups is 2. The van der Waals surface area contributed by atoms with Crippen molar-refractivity contribution in [1.82, 2.24) is 9.88 Å². The highest BCUT2D eigenvalue weighted by atomic mass is 32.2. The number of likely N-dealkylation sites (N-methyl/N-ethyl adjacent to an activating group) is 1. The van der Waals surface area contributed by atoms with E-state index in [0.717, 1.165) is 22.2 Å². The summed E-state index contributed by atoms with van der Waals surface area (Å²) in [6.07, 6.45) is 0.429. The minimum absolute atomic E-state index is 0.0140. The predicted molar refractivity (Wildman–Crippen MR) is 81.9 cm³/mol. The number of hydrogen-bond acceptors (Lipinski definition) is 6. The maximum Gasteiger partial charge on any atom is 0.325 e. The van der Waals surface area contributed by atoms with Gasteiger partial charge >= 0.3 is 5.97 Å². The molecule has 0 radical (unpaired) electrons. The van der Waals surface area contributed by atoms with Crippen molar-refractivity contribution in [1.29, 1.82) is 0 Å². The molecule has 0 atom stereocenters. The minimum Gasteiger partial charge on any atom is -0.468 e. The van der Waals surface area contributed by atoms with E-state index in [2.05, 4.69) is 9.72 Å². The number of thioether (sulfide) groups is 1. The van der Waals surface area contributed by atoms with Gasteiger partial charge in [0, 0.05) is 29.9 Å². The van der Waals surface area contributed by atoms with Gasteiger partial charge in [-0.05, 0) is 13.8 Å². The lowest BCUT2D eigenvalue weighted by Crippen LogP contribution is -2.36. The van der Waals surface area contributed by atoms with Crippen LogP contribution in [-0.2, 0) is 20.1 Å². The number of ether oxygens (including phenoxy) is 1. The monoisotopic (exact) mass is 316 g/mol. The molecule has 0 spiro atoms. The van der Waals surface area contributed by atoms with Crippen molar-refractivity contribution in [3.8, 4) is 0 Å². The van der Waals surface area contributed by atoms with E-state index in [1.807, 2.05) is 19.2 Å². The number of nitrogens with zero attached hydrogens (tertiary/aromatic N) is 2. The number of aromatic nitrogens is 1. The molecule has 0 aliphatic rings. The van der Waals surface area contributed by atoms with Crippen LogP contribution < -0.4 is 0 Å². The molecule has 1 rings (SSSR count). The summed E-state index contributed by atoms with van der Waals surface area (Å²) in [7, 11) is 1.33. The van der Waals surface area contributed by atoms with Crippen LogP contribution in [0.15, 0.2) is 5.38 Å². The average Bonchev–Trinajstić information content (AvgIpc) is 2.86. The fraction of sp³-hybridized carbons (Fsp3) is 0.615. The zero-order valence-corrected chi connectivity index (χ0v) is 13.7. The molecule has 1 aromatic rings. The summed E-state index contributed by atoms with van der Waals surface area (Å²) in [6.45, 7) is 4.38. The fourth-order valence-corrected chi connectivity index (χ4v) is 3.10. The molecule has 0 bridgehead atoms. The Bertz CT molecular complexity index is 449. The Morgan fingerprint density at radius 3 is 2.80 bits per heavy atom. The zero-order chi connectivity index (χ0) is 15.0. The fourth-order valence-electron chi connectivity index (χ4n) is 1.57. The van der Waals surface area contributed by atoms with Crippen LogP contribution in [-0.4, -0.2) is 47.7 Å². The van der Waals surface area contributed by atoms with E-state index in [-0.39, 0.29) is 18.4 Å². The van der Waals surface area contributed by atoms with E-state index in [1.54, 1.807) is 23.1 Å². The van der Waals surface area contributed by atoms with E-state index in [1.165, 1.54) is 12.0 Å². The lowest BCUT2D eigenvalue weighted by molar-refractivity contribution is -0.146. The number of esters is 1. The molecule has 20 heavy (non-hydrogen) atoms. The van der Waals surface area contributed by atoms with Gasteiger partial charge in [0.1, 0.15) is 6.54 Å². The van der Waals surface area contributed by atoms with Crippen molar-refractivity contribution in [3.63, 3.8) is 0 Å². The second kappa shape index (κ2) is 8.97. The van der Waals surface area contributed by atoms with Crippen LogP contribution in [0.3, 0.4) is 0 Å². The van der Waals surface area contributed by atoms with Crippen molar-refractivity contribution in [2.75, 3.05) is 26.0 Å². The van der Waals surface area contributed by atoms with Crippen LogP contribution in [0, 0.1) is 6.92 Å². The van der Waals surface area contributed by atoms with Gasteiger partial charge in [0.2, 0.25) is 5.91 Å². The molecule has 0 unspecified atom stereocenters. The van der Waals surface area contributed by atoms with Gasteiger partial charge in [-0.25, -0.2) is 4.98 Å². The third-order valence-electron chi connectivity index (χ3n) is 2.66. The lowest BCUT2D eigenvalue weighted by atomic mass is 10.4. The summed E-state index contributed by atoms with van der Waals surface area (Å²) in [6, 6.07) is 0. The highest BCUT2D eigenvalue weighted by Crippen LogP contribution is 2.16. The molecule has 0 aliphatic heterocycles. The second-order valence-corrected chi connectivity index (χ2v) is 6.31. The van der Waals surface area contributed by atoms with Crippen molar-refractivity contribution in [2.45, 2.75) is 26.0 Å². The summed E-state index contributed by atoms with van der Waals surface area (Å²) in [5, 5.41) is 3.10. The molecule has 0 aliphatic carbocycles. The zero-order valence-electron chi connectivity index (χ0n) is 12.0. The number of rotatable bonds is 8. The van der Waals surface area contributed by atoms with E-state index in [9.17, 15) is 9.59 Å². The summed E-state index contributed by atoms with van der Waals surface area (Å²) in [5.74, 6) is 1.15. The first-order valence-electron chi connectivity index (χ1n) is 6.40. The Morgan fingerprint density at radius 1 is 1.50 bits per heavy atom. The standard InChI is InChI=1S/C13H20N2O3S2/c1-4-15(7-13(17)18-3)12(16)5-6-19-8-11-9-20-10(2)14-11/h9H,4-8H2,1-3H3. The summed E-state index contributed by atoms with van der Waals surface area (Å²) in [4.78, 5) is 29.0. The van der Waals surface area contributed by atoms with Crippen molar-refractivity contribution in [3.05, 3.63) is 16.1 Å². The summed E-state index contributed by atoms with van der Waals surface area (Å²) < 4.78 is 4.57. The smallest absolute Gasteiger partial charge is 0.325 e. The number of thiazole rings is 1. The van der Waals surface area contributed by atoms with Gasteiger partial charge in [-0.1, -0.05) is 0 Å². The van der Waals surface area contributed by atoms with Gasteiger partial charge in [-0.3, -0.25) is 9.59 Å². The molecular weight excluding hydrogens is 296 g/mol. The summed E-state index contributed by atoms with van der Waals surface area (Å²) >= 11 is 3.32. The molecule has 1 heterocycles. The largest absolute Gasteiger partial charge is 0.468 e. The number of hydrogen-bond donors (Lipinski definition) is 0. The third-order valence-corrected chi connectivity index (χ3v) is 4.47. The van der Waals surface area contributed by atoms with Crippen LogP contribution >= 0.6 is 23.1 Å². The molecule has 0 aromatic carbocycles. The molecule has 0 saturated heterocycles. The highest BCUT2D eigenvalue weighted by Gasteiger charge is 2.15. The first kappa shape index (κ1) is 17.0. The van der Waals surface area contributed by atoms with Gasteiger partial charge < -0.3 is 9.64 Å². The van der Waals surface area contributed by atoms with Crippen LogP contribution in [0.2, 0.25) is 0 Å². The van der Waals surface area contributed by atoms with Gasteiger partial charge in [-0.2, -0.15) is 11.8 Å². The minimum atomic E-state index is -0.384. The van der Waals surface area contributed by atoms with Crippen LogP contribution in [0.4, 0.5) is 0 Å². The quantitative estimate of drug-likeness (QED) is 0.543. The van der Waals surface area contributed by atoms with Gasteiger partial charge in [0.25, 0.3) is 0 Å². The van der Waals surface area contributed by atoms with E-state index >= 15 is 0 Å².